The Hall–Kier alpha value is -2.96. The van der Waals surface area contributed by atoms with Gasteiger partial charge in [-0.2, -0.15) is 0 Å². The number of halogens is 1. The first-order valence-electron chi connectivity index (χ1n) is 15.9. The number of nitrogens with zero attached hydrogens (tertiary/aromatic N) is 2. The predicted molar refractivity (Wildman–Crippen MR) is 165 cm³/mol. The molecular formula is C32H44FN5O5S. The number of anilines is 1. The van der Waals surface area contributed by atoms with E-state index < -0.39 is 27.0 Å². The van der Waals surface area contributed by atoms with Crippen molar-refractivity contribution in [1.29, 1.82) is 0 Å². The zero-order chi connectivity index (χ0) is 31.2. The molecule has 0 radical (unpaired) electrons. The predicted octanol–water partition coefficient (Wildman–Crippen LogP) is 3.82. The number of hydrogen-bond donors (Lipinski definition) is 3. The van der Waals surface area contributed by atoms with E-state index >= 15 is 4.39 Å². The van der Waals surface area contributed by atoms with Crippen molar-refractivity contribution in [2.75, 3.05) is 30.7 Å². The molecule has 2 amide bonds. The first-order valence-corrected chi connectivity index (χ1v) is 17.5. The Morgan fingerprint density at radius 2 is 1.75 bits per heavy atom. The van der Waals surface area contributed by atoms with Gasteiger partial charge >= 0.3 is 0 Å². The van der Waals surface area contributed by atoms with E-state index in [2.05, 4.69) is 15.5 Å². The number of aromatic nitrogens is 1. The quantitative estimate of drug-likeness (QED) is 0.404. The molecule has 44 heavy (non-hydrogen) atoms. The van der Waals surface area contributed by atoms with E-state index in [1.807, 2.05) is 18.4 Å². The number of hydrogen-bond acceptors (Lipinski definition) is 7. The molecule has 0 bridgehead atoms. The molecule has 4 heterocycles. The van der Waals surface area contributed by atoms with Gasteiger partial charge in [0.1, 0.15) is 5.82 Å². The molecule has 0 unspecified atom stereocenters. The average molecular weight is 630 g/mol. The van der Waals surface area contributed by atoms with E-state index in [9.17, 15) is 18.0 Å². The Labute approximate surface area is 258 Å². The van der Waals surface area contributed by atoms with Crippen LogP contribution in [0.5, 0.6) is 0 Å². The highest BCUT2D eigenvalue weighted by Gasteiger charge is 2.43. The smallest absolute Gasteiger partial charge is 0.253 e. The van der Waals surface area contributed by atoms with Crippen LogP contribution in [-0.4, -0.2) is 67.2 Å². The van der Waals surface area contributed by atoms with Crippen molar-refractivity contribution in [3.8, 4) is 5.69 Å². The van der Waals surface area contributed by atoms with Gasteiger partial charge in [-0.3, -0.25) is 9.59 Å². The van der Waals surface area contributed by atoms with E-state index in [-0.39, 0.29) is 48.2 Å². The maximum absolute atomic E-state index is 15.7. The summed E-state index contributed by atoms with van der Waals surface area (Å²) in [7, 11) is -3.57. The van der Waals surface area contributed by atoms with Crippen molar-refractivity contribution in [1.82, 2.24) is 14.8 Å². The zero-order valence-electron chi connectivity index (χ0n) is 25.7. The number of ether oxygens (including phenoxy) is 1. The molecule has 2 aromatic rings. The number of amides is 2. The third-order valence-electron chi connectivity index (χ3n) is 9.58. The Morgan fingerprint density at radius 1 is 1.05 bits per heavy atom. The molecule has 0 spiro atoms. The summed E-state index contributed by atoms with van der Waals surface area (Å²) in [5.74, 6) is -1.53. The molecule has 1 aromatic heterocycles. The lowest BCUT2D eigenvalue weighted by molar-refractivity contribution is -0.122. The van der Waals surface area contributed by atoms with Crippen LogP contribution in [0.15, 0.2) is 17.0 Å². The van der Waals surface area contributed by atoms with Gasteiger partial charge < -0.3 is 30.6 Å². The van der Waals surface area contributed by atoms with Crippen molar-refractivity contribution in [2.24, 2.45) is 11.1 Å². The lowest BCUT2D eigenvalue weighted by Crippen LogP contribution is -2.41. The number of primary amides is 1. The average Bonchev–Trinajstić information content (AvgIpc) is 3.52. The van der Waals surface area contributed by atoms with Gasteiger partial charge in [0.25, 0.3) is 5.91 Å². The molecule has 1 aromatic carbocycles. The van der Waals surface area contributed by atoms with Crippen LogP contribution < -0.4 is 16.4 Å². The summed E-state index contributed by atoms with van der Waals surface area (Å²) in [6, 6.07) is 3.00. The number of piperidine rings is 1. The molecule has 0 atom stereocenters. The highest BCUT2D eigenvalue weighted by atomic mass is 32.2. The van der Waals surface area contributed by atoms with Crippen LogP contribution >= 0.6 is 0 Å². The summed E-state index contributed by atoms with van der Waals surface area (Å²) in [5, 5.41) is 6.56. The molecule has 4 aliphatic rings. The SMILES string of the molecule is CC1(C)Cc2c(c3c(n2-c2cc(F)c(C(N)=O)c(NC4CCC(NC(=O)CCN5CCCCC5)CC4)c2)COC3)S(=O)(=O)C1. The minimum Gasteiger partial charge on any atom is -0.382 e. The molecule has 12 heteroatoms. The Morgan fingerprint density at radius 3 is 2.45 bits per heavy atom. The van der Waals surface area contributed by atoms with Crippen molar-refractivity contribution in [2.45, 2.75) is 102 Å². The maximum atomic E-state index is 15.7. The topological polar surface area (TPSA) is 136 Å². The van der Waals surface area contributed by atoms with Gasteiger partial charge in [0.2, 0.25) is 5.91 Å². The monoisotopic (exact) mass is 629 g/mol. The van der Waals surface area contributed by atoms with Crippen molar-refractivity contribution >= 4 is 27.3 Å². The molecule has 240 valence electrons. The number of fused-ring (bicyclic) bond motifs is 3. The van der Waals surface area contributed by atoms with E-state index in [0.29, 0.717) is 40.4 Å². The number of carbonyl (C=O) groups excluding carboxylic acids is 2. The van der Waals surface area contributed by atoms with Gasteiger partial charge in [-0.05, 0) is 75.6 Å². The molecule has 6 rings (SSSR count). The third kappa shape index (κ3) is 6.25. The highest BCUT2D eigenvalue weighted by Crippen LogP contribution is 2.44. The van der Waals surface area contributed by atoms with Crippen LogP contribution in [-0.2, 0) is 39.0 Å². The molecule has 1 saturated heterocycles. The normalized spacial score (nSPS) is 24.3. The van der Waals surface area contributed by atoms with Crippen LogP contribution in [0.25, 0.3) is 5.69 Å². The lowest BCUT2D eigenvalue weighted by atomic mass is 9.89. The van der Waals surface area contributed by atoms with E-state index in [1.54, 1.807) is 6.07 Å². The van der Waals surface area contributed by atoms with Gasteiger partial charge in [-0.25, -0.2) is 12.8 Å². The summed E-state index contributed by atoms with van der Waals surface area (Å²) >= 11 is 0. The summed E-state index contributed by atoms with van der Waals surface area (Å²) in [6.07, 6.45) is 7.68. The number of benzene rings is 1. The van der Waals surface area contributed by atoms with Crippen LogP contribution in [0.2, 0.25) is 0 Å². The van der Waals surface area contributed by atoms with Crippen molar-refractivity contribution < 1.29 is 27.1 Å². The molecule has 10 nitrogen and oxygen atoms in total. The number of nitrogens with one attached hydrogen (secondary N) is 2. The largest absolute Gasteiger partial charge is 0.382 e. The first-order chi connectivity index (χ1) is 20.9. The maximum Gasteiger partial charge on any atom is 0.253 e. The summed E-state index contributed by atoms with van der Waals surface area (Å²) in [6.45, 7) is 7.18. The molecule has 1 aliphatic carbocycles. The molecule has 4 N–H and O–H groups in total. The number of carbonyl (C=O) groups is 2. The van der Waals surface area contributed by atoms with Crippen LogP contribution in [0.4, 0.5) is 10.1 Å². The number of sulfone groups is 1. The van der Waals surface area contributed by atoms with Gasteiger partial charge in [-0.15, -0.1) is 0 Å². The highest BCUT2D eigenvalue weighted by molar-refractivity contribution is 7.91. The number of rotatable bonds is 8. The summed E-state index contributed by atoms with van der Waals surface area (Å²) in [5.41, 5.74) is 7.62. The summed E-state index contributed by atoms with van der Waals surface area (Å²) < 4.78 is 49.9. The zero-order valence-corrected chi connectivity index (χ0v) is 26.5. The molecule has 1 saturated carbocycles. The Balaban J connectivity index is 1.20. The van der Waals surface area contributed by atoms with E-state index in [0.717, 1.165) is 45.3 Å². The van der Waals surface area contributed by atoms with E-state index in [1.165, 1.54) is 25.3 Å². The standard InChI is InChI=1S/C32H44FN5O5S/c1-32(2)16-26-30(44(41,42)19-32)23-17-43-18-27(23)38(26)22-14-24(33)29(31(34)40)25(15-22)35-20-6-8-21(9-7-20)36-28(39)10-13-37-11-4-3-5-12-37/h14-15,20-21,35H,3-13,16-19H2,1-2H3,(H2,34,40)(H,36,39). The molecule has 3 aliphatic heterocycles. The fourth-order valence-electron chi connectivity index (χ4n) is 7.61. The number of likely N-dealkylation sites (tertiary alicyclic amines) is 1. The summed E-state index contributed by atoms with van der Waals surface area (Å²) in [4.78, 5) is 27.7. The number of nitrogens with two attached hydrogens (primary N) is 1. The van der Waals surface area contributed by atoms with Crippen LogP contribution in [0, 0.1) is 11.2 Å². The van der Waals surface area contributed by atoms with Crippen LogP contribution in [0.3, 0.4) is 0 Å². The Kier molecular flexibility index (Phi) is 8.53. The first kappa shape index (κ1) is 31.0. The van der Waals surface area contributed by atoms with Gasteiger partial charge in [-0.1, -0.05) is 20.3 Å². The Bertz CT molecular complexity index is 1560. The second-order valence-electron chi connectivity index (χ2n) is 13.8. The fourth-order valence-corrected chi connectivity index (χ4v) is 9.96. The molecule has 2 fully saturated rings. The minimum atomic E-state index is -3.57. The third-order valence-corrected chi connectivity index (χ3v) is 11.8. The second-order valence-corrected chi connectivity index (χ2v) is 15.7. The molecular weight excluding hydrogens is 585 g/mol. The fraction of sp³-hybridized carbons (Fsp3) is 0.625. The lowest BCUT2D eigenvalue weighted by Gasteiger charge is -2.32. The minimum absolute atomic E-state index is 0.0345. The van der Waals surface area contributed by atoms with Crippen LogP contribution in [0.1, 0.15) is 92.5 Å². The van der Waals surface area contributed by atoms with Crippen molar-refractivity contribution in [3.05, 3.63) is 40.5 Å². The second kappa shape index (κ2) is 12.1. The van der Waals surface area contributed by atoms with Gasteiger partial charge in [0.15, 0.2) is 9.84 Å². The van der Waals surface area contributed by atoms with Gasteiger partial charge in [0.05, 0.1) is 46.5 Å². The van der Waals surface area contributed by atoms with Crippen molar-refractivity contribution in [3.63, 3.8) is 0 Å². The van der Waals surface area contributed by atoms with E-state index in [4.69, 9.17) is 10.5 Å². The van der Waals surface area contributed by atoms with Gasteiger partial charge in [0, 0.05) is 36.3 Å².